The second-order valence-corrected chi connectivity index (χ2v) is 6.53. The van der Waals surface area contributed by atoms with Crippen LogP contribution in [0.4, 0.5) is 4.79 Å². The van der Waals surface area contributed by atoms with Crippen molar-refractivity contribution in [2.24, 2.45) is 0 Å². The second kappa shape index (κ2) is 6.21. The summed E-state index contributed by atoms with van der Waals surface area (Å²) in [6.07, 6.45) is -1.02. The van der Waals surface area contributed by atoms with Crippen molar-refractivity contribution in [2.45, 2.75) is 4.90 Å². The lowest BCUT2D eigenvalue weighted by Crippen LogP contribution is -2.38. The van der Waals surface area contributed by atoms with Gasteiger partial charge >= 0.3 is 6.16 Å². The van der Waals surface area contributed by atoms with Gasteiger partial charge in [-0.1, -0.05) is 12.1 Å². The number of likely N-dealkylation sites (N-methyl/N-ethyl adjacent to an activating group) is 1. The van der Waals surface area contributed by atoms with Crippen LogP contribution in [0.15, 0.2) is 29.2 Å². The highest BCUT2D eigenvalue weighted by Crippen LogP contribution is 2.23. The van der Waals surface area contributed by atoms with E-state index in [4.69, 9.17) is 14.0 Å². The SMILES string of the molecule is C[N+](C)(C)CCOC(=O)Oc1ccccc1S(=O)(=O)O. The zero-order valence-corrected chi connectivity index (χ0v) is 12.4. The zero-order valence-electron chi connectivity index (χ0n) is 11.6. The van der Waals surface area contributed by atoms with E-state index in [2.05, 4.69) is 0 Å². The van der Waals surface area contributed by atoms with Crippen molar-refractivity contribution in [3.8, 4) is 5.75 Å². The van der Waals surface area contributed by atoms with Crippen LogP contribution in [-0.4, -0.2) is 57.9 Å². The number of hydrogen-bond acceptors (Lipinski definition) is 5. The predicted molar refractivity (Wildman–Crippen MR) is 71.1 cm³/mol. The minimum atomic E-state index is -4.46. The summed E-state index contributed by atoms with van der Waals surface area (Å²) < 4.78 is 41.4. The lowest BCUT2D eigenvalue weighted by Gasteiger charge is -2.23. The van der Waals surface area contributed by atoms with E-state index in [1.807, 2.05) is 21.1 Å². The molecule has 1 aromatic rings. The molecule has 0 unspecified atom stereocenters. The van der Waals surface area contributed by atoms with Crippen molar-refractivity contribution >= 4 is 16.3 Å². The Kier molecular flexibility index (Phi) is 5.09. The van der Waals surface area contributed by atoms with Gasteiger partial charge in [0.15, 0.2) is 5.75 Å². The molecule has 0 fully saturated rings. The van der Waals surface area contributed by atoms with Crippen LogP contribution in [0.25, 0.3) is 0 Å². The molecule has 1 aromatic carbocycles. The average Bonchev–Trinajstić information content (AvgIpc) is 2.26. The van der Waals surface area contributed by atoms with E-state index in [-0.39, 0.29) is 12.4 Å². The Morgan fingerprint density at radius 2 is 1.85 bits per heavy atom. The number of nitrogens with zero attached hydrogens (tertiary/aromatic N) is 1. The number of ether oxygens (including phenoxy) is 2. The Morgan fingerprint density at radius 1 is 1.25 bits per heavy atom. The van der Waals surface area contributed by atoms with Crippen molar-refractivity contribution in [2.75, 3.05) is 34.3 Å². The fourth-order valence-electron chi connectivity index (χ4n) is 1.27. The number of carbonyl (C=O) groups is 1. The molecule has 0 heterocycles. The lowest BCUT2D eigenvalue weighted by molar-refractivity contribution is -0.870. The van der Waals surface area contributed by atoms with Crippen LogP contribution in [0.3, 0.4) is 0 Å². The predicted octanol–water partition coefficient (Wildman–Crippen LogP) is 1.15. The van der Waals surface area contributed by atoms with Gasteiger partial charge in [-0.15, -0.1) is 0 Å². The number of quaternary nitrogens is 1. The molecule has 1 N–H and O–H groups in total. The zero-order chi connectivity index (χ0) is 15.4. The summed E-state index contributed by atoms with van der Waals surface area (Å²) in [5, 5.41) is 0. The third-order valence-electron chi connectivity index (χ3n) is 2.30. The molecule has 0 bridgehead atoms. The number of benzene rings is 1. The van der Waals surface area contributed by atoms with E-state index in [0.29, 0.717) is 11.0 Å². The van der Waals surface area contributed by atoms with Crippen molar-refractivity contribution in [3.05, 3.63) is 24.3 Å². The number of para-hydroxylation sites is 1. The highest BCUT2D eigenvalue weighted by Gasteiger charge is 2.19. The molecule has 0 atom stereocenters. The molecule has 20 heavy (non-hydrogen) atoms. The quantitative estimate of drug-likeness (QED) is 0.380. The Balaban J connectivity index is 2.68. The van der Waals surface area contributed by atoms with E-state index in [1.165, 1.54) is 18.2 Å². The Hall–Kier alpha value is -1.64. The van der Waals surface area contributed by atoms with Crippen molar-refractivity contribution in [1.82, 2.24) is 0 Å². The summed E-state index contributed by atoms with van der Waals surface area (Å²) in [5.74, 6) is -0.273. The topological polar surface area (TPSA) is 89.9 Å². The van der Waals surface area contributed by atoms with E-state index in [1.54, 1.807) is 0 Å². The Bertz CT molecular complexity index is 576. The molecule has 0 spiro atoms. The highest BCUT2D eigenvalue weighted by molar-refractivity contribution is 7.86. The van der Waals surface area contributed by atoms with Crippen molar-refractivity contribution < 1.29 is 31.7 Å². The van der Waals surface area contributed by atoms with Crippen molar-refractivity contribution in [3.63, 3.8) is 0 Å². The molecule has 112 valence electrons. The van der Waals surface area contributed by atoms with Gasteiger partial charge in [-0.3, -0.25) is 4.55 Å². The van der Waals surface area contributed by atoms with Gasteiger partial charge in [0, 0.05) is 0 Å². The van der Waals surface area contributed by atoms with Gasteiger partial charge in [0.25, 0.3) is 10.1 Å². The summed E-state index contributed by atoms with van der Waals surface area (Å²) in [4.78, 5) is 11.0. The molecule has 0 saturated carbocycles. The highest BCUT2D eigenvalue weighted by atomic mass is 32.2. The first kappa shape index (κ1) is 16.4. The van der Waals surface area contributed by atoms with Crippen LogP contribution in [0, 0.1) is 0 Å². The monoisotopic (exact) mass is 304 g/mol. The largest absolute Gasteiger partial charge is 0.514 e. The standard InChI is InChI=1S/C12H17NO6S/c1-13(2,3)8-9-18-12(14)19-10-6-4-5-7-11(10)20(15,16)17/h4-7H,8-9H2,1-3H3/p+1. The Morgan fingerprint density at radius 3 is 2.40 bits per heavy atom. The Labute approximate surface area is 118 Å². The summed E-state index contributed by atoms with van der Waals surface area (Å²) in [5.41, 5.74) is 0. The molecule has 0 aliphatic rings. The van der Waals surface area contributed by atoms with Gasteiger partial charge in [0.1, 0.15) is 18.0 Å². The molecule has 7 nitrogen and oxygen atoms in total. The third-order valence-corrected chi connectivity index (χ3v) is 3.20. The van der Waals surface area contributed by atoms with E-state index < -0.39 is 21.2 Å². The first-order chi connectivity index (χ1) is 9.09. The minimum absolute atomic E-state index is 0.135. The van der Waals surface area contributed by atoms with E-state index >= 15 is 0 Å². The minimum Gasteiger partial charge on any atom is -0.428 e. The van der Waals surface area contributed by atoms with Crippen LogP contribution >= 0.6 is 0 Å². The molecule has 0 aliphatic carbocycles. The van der Waals surface area contributed by atoms with Crippen LogP contribution in [-0.2, 0) is 14.9 Å². The summed E-state index contributed by atoms with van der Waals surface area (Å²) in [7, 11) is 1.34. The average molecular weight is 304 g/mol. The summed E-state index contributed by atoms with van der Waals surface area (Å²) in [6, 6.07) is 5.26. The first-order valence-electron chi connectivity index (χ1n) is 5.81. The summed E-state index contributed by atoms with van der Waals surface area (Å²) in [6.45, 7) is 0.714. The van der Waals surface area contributed by atoms with E-state index in [0.717, 1.165) is 6.07 Å². The van der Waals surface area contributed by atoms with Crippen LogP contribution < -0.4 is 4.74 Å². The van der Waals surface area contributed by atoms with Gasteiger partial charge in [0.05, 0.1) is 21.1 Å². The van der Waals surface area contributed by atoms with Crippen LogP contribution in [0.5, 0.6) is 5.75 Å². The molecule has 0 radical (unpaired) electrons. The van der Waals surface area contributed by atoms with Crippen LogP contribution in [0.1, 0.15) is 0 Å². The molecule has 8 heteroatoms. The normalized spacial score (nSPS) is 12.0. The molecule has 0 aromatic heterocycles. The van der Waals surface area contributed by atoms with Crippen LogP contribution in [0.2, 0.25) is 0 Å². The van der Waals surface area contributed by atoms with Crippen molar-refractivity contribution in [1.29, 1.82) is 0 Å². The molecule has 1 rings (SSSR count). The molecule has 0 amide bonds. The fourth-order valence-corrected chi connectivity index (χ4v) is 1.88. The molecule has 0 aliphatic heterocycles. The lowest BCUT2D eigenvalue weighted by atomic mass is 10.3. The van der Waals surface area contributed by atoms with Gasteiger partial charge < -0.3 is 14.0 Å². The maximum atomic E-state index is 11.4. The first-order valence-corrected chi connectivity index (χ1v) is 7.25. The third kappa shape index (κ3) is 5.55. The van der Waals surface area contributed by atoms with Gasteiger partial charge in [-0.05, 0) is 12.1 Å². The summed E-state index contributed by atoms with van der Waals surface area (Å²) >= 11 is 0. The molecular formula is C12H18NO6S+. The smallest absolute Gasteiger partial charge is 0.428 e. The number of rotatable bonds is 5. The number of carbonyl (C=O) groups excluding carboxylic acids is 1. The van der Waals surface area contributed by atoms with Gasteiger partial charge in [-0.25, -0.2) is 4.79 Å². The van der Waals surface area contributed by atoms with Gasteiger partial charge in [-0.2, -0.15) is 8.42 Å². The maximum Gasteiger partial charge on any atom is 0.514 e. The van der Waals surface area contributed by atoms with Gasteiger partial charge in [0.2, 0.25) is 0 Å². The fraction of sp³-hybridized carbons (Fsp3) is 0.417. The second-order valence-electron chi connectivity index (χ2n) is 5.14. The maximum absolute atomic E-state index is 11.4. The number of hydrogen-bond donors (Lipinski definition) is 1. The molecular weight excluding hydrogens is 286 g/mol. The van der Waals surface area contributed by atoms with E-state index in [9.17, 15) is 13.2 Å². The molecule has 0 saturated heterocycles.